The number of nitrogens with zero attached hydrogens (tertiary/aromatic N) is 2. The standard InChI is InChI=1S/C17H16N2/c18-10-11-19-12-15-8-4-5-9-16(15)17(13-19)14-6-2-1-3-7-14/h1-9,17H,11-13H2/t17-/m0/s1. The minimum atomic E-state index is 0.375. The summed E-state index contributed by atoms with van der Waals surface area (Å²) in [5.41, 5.74) is 4.08. The van der Waals surface area contributed by atoms with E-state index in [2.05, 4.69) is 59.5 Å². The Hall–Kier alpha value is -2.11. The molecule has 1 atom stereocenters. The van der Waals surface area contributed by atoms with Crippen LogP contribution in [0.5, 0.6) is 0 Å². The Labute approximate surface area is 113 Å². The normalized spacial score (nSPS) is 18.6. The van der Waals surface area contributed by atoms with Gasteiger partial charge in [0.15, 0.2) is 0 Å². The number of fused-ring (bicyclic) bond motifs is 1. The Balaban J connectivity index is 2.01. The van der Waals surface area contributed by atoms with Crippen LogP contribution >= 0.6 is 0 Å². The highest BCUT2D eigenvalue weighted by atomic mass is 15.1. The van der Waals surface area contributed by atoms with Gasteiger partial charge in [-0.1, -0.05) is 54.6 Å². The SMILES string of the molecule is N#CCN1Cc2ccccc2[C@H](c2ccccc2)C1. The average Bonchev–Trinajstić information content (AvgIpc) is 2.48. The van der Waals surface area contributed by atoms with E-state index < -0.39 is 0 Å². The summed E-state index contributed by atoms with van der Waals surface area (Å²) >= 11 is 0. The Morgan fingerprint density at radius 2 is 1.79 bits per heavy atom. The average molecular weight is 248 g/mol. The molecule has 0 N–H and O–H groups in total. The molecule has 0 spiro atoms. The summed E-state index contributed by atoms with van der Waals surface area (Å²) in [6, 6.07) is 21.4. The molecular formula is C17H16N2. The smallest absolute Gasteiger partial charge is 0.0869 e. The lowest BCUT2D eigenvalue weighted by Crippen LogP contribution is -2.34. The van der Waals surface area contributed by atoms with Crippen molar-refractivity contribution in [1.82, 2.24) is 4.90 Å². The molecule has 2 heteroatoms. The first-order chi connectivity index (χ1) is 9.38. The van der Waals surface area contributed by atoms with Crippen LogP contribution in [-0.2, 0) is 6.54 Å². The molecule has 0 bridgehead atoms. The van der Waals surface area contributed by atoms with Crippen molar-refractivity contribution < 1.29 is 0 Å². The summed E-state index contributed by atoms with van der Waals surface area (Å²) in [5, 5.41) is 8.93. The van der Waals surface area contributed by atoms with Crippen molar-refractivity contribution in [2.24, 2.45) is 0 Å². The monoisotopic (exact) mass is 248 g/mol. The first kappa shape index (κ1) is 12.0. The minimum Gasteiger partial charge on any atom is -0.285 e. The summed E-state index contributed by atoms with van der Waals surface area (Å²) in [6.45, 7) is 2.30. The van der Waals surface area contributed by atoms with E-state index in [0.29, 0.717) is 12.5 Å². The van der Waals surface area contributed by atoms with Crippen LogP contribution in [0.4, 0.5) is 0 Å². The van der Waals surface area contributed by atoms with Gasteiger partial charge in [0.2, 0.25) is 0 Å². The number of nitriles is 1. The lowest BCUT2D eigenvalue weighted by Gasteiger charge is -2.33. The Morgan fingerprint density at radius 1 is 1.05 bits per heavy atom. The molecule has 2 aromatic rings. The predicted molar refractivity (Wildman–Crippen MR) is 75.6 cm³/mol. The second kappa shape index (κ2) is 5.26. The fraction of sp³-hybridized carbons (Fsp3) is 0.235. The maximum absolute atomic E-state index is 8.93. The van der Waals surface area contributed by atoms with Crippen LogP contribution in [0.1, 0.15) is 22.6 Å². The molecule has 0 unspecified atom stereocenters. The third kappa shape index (κ3) is 2.38. The molecule has 0 saturated carbocycles. The van der Waals surface area contributed by atoms with Gasteiger partial charge in [-0.3, -0.25) is 4.90 Å². The van der Waals surface area contributed by atoms with E-state index in [4.69, 9.17) is 5.26 Å². The largest absolute Gasteiger partial charge is 0.285 e. The van der Waals surface area contributed by atoms with Crippen LogP contribution in [0.25, 0.3) is 0 Å². The van der Waals surface area contributed by atoms with E-state index in [0.717, 1.165) is 13.1 Å². The molecule has 0 radical (unpaired) electrons. The van der Waals surface area contributed by atoms with Gasteiger partial charge in [-0.15, -0.1) is 0 Å². The highest BCUT2D eigenvalue weighted by Crippen LogP contribution is 2.32. The lowest BCUT2D eigenvalue weighted by molar-refractivity contribution is 0.269. The Bertz CT molecular complexity index is 598. The summed E-state index contributed by atoms with van der Waals surface area (Å²) in [4.78, 5) is 2.22. The van der Waals surface area contributed by atoms with Crippen molar-refractivity contribution in [3.05, 3.63) is 71.3 Å². The first-order valence-electron chi connectivity index (χ1n) is 6.60. The number of rotatable bonds is 2. The van der Waals surface area contributed by atoms with Crippen LogP contribution in [0.3, 0.4) is 0 Å². The summed E-state index contributed by atoms with van der Waals surface area (Å²) < 4.78 is 0. The molecule has 2 aromatic carbocycles. The number of benzene rings is 2. The van der Waals surface area contributed by atoms with Crippen LogP contribution in [-0.4, -0.2) is 18.0 Å². The van der Waals surface area contributed by atoms with Gasteiger partial charge in [0.25, 0.3) is 0 Å². The summed E-state index contributed by atoms with van der Waals surface area (Å²) in [5.74, 6) is 0.375. The number of hydrogen-bond acceptors (Lipinski definition) is 2. The van der Waals surface area contributed by atoms with Crippen molar-refractivity contribution >= 4 is 0 Å². The number of hydrogen-bond donors (Lipinski definition) is 0. The van der Waals surface area contributed by atoms with Crippen molar-refractivity contribution in [1.29, 1.82) is 5.26 Å². The molecule has 0 saturated heterocycles. The van der Waals surface area contributed by atoms with Crippen molar-refractivity contribution in [3.63, 3.8) is 0 Å². The molecule has 1 heterocycles. The van der Waals surface area contributed by atoms with Crippen LogP contribution < -0.4 is 0 Å². The highest BCUT2D eigenvalue weighted by Gasteiger charge is 2.25. The zero-order valence-electron chi connectivity index (χ0n) is 10.8. The van der Waals surface area contributed by atoms with E-state index in [9.17, 15) is 0 Å². The molecule has 19 heavy (non-hydrogen) atoms. The maximum Gasteiger partial charge on any atom is 0.0869 e. The quantitative estimate of drug-likeness (QED) is 0.763. The molecule has 94 valence electrons. The summed E-state index contributed by atoms with van der Waals surface area (Å²) in [6.07, 6.45) is 0. The third-order valence-corrected chi connectivity index (χ3v) is 3.76. The zero-order chi connectivity index (χ0) is 13.1. The second-order valence-electron chi connectivity index (χ2n) is 4.99. The molecule has 0 aromatic heterocycles. The summed E-state index contributed by atoms with van der Waals surface area (Å²) in [7, 11) is 0. The molecule has 0 fully saturated rings. The minimum absolute atomic E-state index is 0.375. The van der Waals surface area contributed by atoms with Gasteiger partial charge in [-0.05, 0) is 16.7 Å². The van der Waals surface area contributed by atoms with Gasteiger partial charge in [0, 0.05) is 19.0 Å². The van der Waals surface area contributed by atoms with Crippen LogP contribution in [0, 0.1) is 11.3 Å². The molecule has 0 amide bonds. The third-order valence-electron chi connectivity index (χ3n) is 3.76. The van der Waals surface area contributed by atoms with Crippen molar-refractivity contribution in [2.75, 3.05) is 13.1 Å². The topological polar surface area (TPSA) is 27.0 Å². The molecule has 1 aliphatic rings. The Morgan fingerprint density at radius 3 is 2.58 bits per heavy atom. The predicted octanol–water partition coefficient (Wildman–Crippen LogP) is 3.16. The first-order valence-corrected chi connectivity index (χ1v) is 6.60. The molecule has 1 aliphatic heterocycles. The van der Waals surface area contributed by atoms with Crippen molar-refractivity contribution in [2.45, 2.75) is 12.5 Å². The van der Waals surface area contributed by atoms with Gasteiger partial charge in [0.05, 0.1) is 12.6 Å². The van der Waals surface area contributed by atoms with E-state index in [1.54, 1.807) is 0 Å². The van der Waals surface area contributed by atoms with Crippen LogP contribution in [0.2, 0.25) is 0 Å². The second-order valence-corrected chi connectivity index (χ2v) is 4.99. The molecule has 3 rings (SSSR count). The lowest BCUT2D eigenvalue weighted by atomic mass is 9.85. The Kier molecular flexibility index (Phi) is 3.31. The van der Waals surface area contributed by atoms with E-state index >= 15 is 0 Å². The maximum atomic E-state index is 8.93. The zero-order valence-corrected chi connectivity index (χ0v) is 10.8. The van der Waals surface area contributed by atoms with Gasteiger partial charge in [-0.2, -0.15) is 5.26 Å². The van der Waals surface area contributed by atoms with E-state index in [1.165, 1.54) is 16.7 Å². The fourth-order valence-corrected chi connectivity index (χ4v) is 2.87. The van der Waals surface area contributed by atoms with Gasteiger partial charge >= 0.3 is 0 Å². The van der Waals surface area contributed by atoms with Gasteiger partial charge in [0.1, 0.15) is 0 Å². The van der Waals surface area contributed by atoms with Crippen molar-refractivity contribution in [3.8, 4) is 6.07 Å². The van der Waals surface area contributed by atoms with E-state index in [1.807, 2.05) is 6.07 Å². The molecular weight excluding hydrogens is 232 g/mol. The van der Waals surface area contributed by atoms with E-state index in [-0.39, 0.29) is 0 Å². The fourth-order valence-electron chi connectivity index (χ4n) is 2.87. The van der Waals surface area contributed by atoms with Gasteiger partial charge in [-0.25, -0.2) is 0 Å². The molecule has 2 nitrogen and oxygen atoms in total. The molecule has 0 aliphatic carbocycles. The van der Waals surface area contributed by atoms with Crippen LogP contribution in [0.15, 0.2) is 54.6 Å². The van der Waals surface area contributed by atoms with Gasteiger partial charge < -0.3 is 0 Å². The highest BCUT2D eigenvalue weighted by molar-refractivity contribution is 5.40.